The van der Waals surface area contributed by atoms with Crippen molar-refractivity contribution in [3.63, 3.8) is 0 Å². The van der Waals surface area contributed by atoms with Crippen molar-refractivity contribution in [2.45, 2.75) is 63.9 Å². The van der Waals surface area contributed by atoms with Crippen LogP contribution in [-0.4, -0.2) is 64.1 Å². The molecule has 194 valence electrons. The van der Waals surface area contributed by atoms with Gasteiger partial charge in [0, 0.05) is 69.9 Å². The highest BCUT2D eigenvalue weighted by Gasteiger charge is 2.37. The third kappa shape index (κ3) is 4.85. The number of piperidine rings is 1. The summed E-state index contributed by atoms with van der Waals surface area (Å²) in [5.41, 5.74) is 4.75. The lowest BCUT2D eigenvalue weighted by molar-refractivity contribution is -0.138. The molecule has 2 N–H and O–H groups in total. The number of halogens is 1. The summed E-state index contributed by atoms with van der Waals surface area (Å²) in [6.07, 6.45) is 2.52. The van der Waals surface area contributed by atoms with E-state index in [-0.39, 0.29) is 29.6 Å². The van der Waals surface area contributed by atoms with Gasteiger partial charge in [-0.05, 0) is 41.7 Å². The first-order valence-electron chi connectivity index (χ1n) is 13.2. The minimum absolute atomic E-state index is 0.207. The molecule has 4 aliphatic heterocycles. The van der Waals surface area contributed by atoms with Crippen LogP contribution in [0.25, 0.3) is 0 Å². The second-order valence-electron chi connectivity index (χ2n) is 10.6. The normalized spacial score (nSPS) is 22.8. The molecule has 4 aliphatic rings. The summed E-state index contributed by atoms with van der Waals surface area (Å²) < 4.78 is 15.0. The van der Waals surface area contributed by atoms with Crippen LogP contribution in [0, 0.1) is 5.82 Å². The maximum atomic E-state index is 15.0. The van der Waals surface area contributed by atoms with Gasteiger partial charge in [-0.2, -0.15) is 0 Å². The molecular formula is C28H32FN5O3. The number of anilines is 1. The van der Waals surface area contributed by atoms with Gasteiger partial charge in [-0.15, -0.1) is 0 Å². The van der Waals surface area contributed by atoms with Crippen molar-refractivity contribution in [1.29, 1.82) is 0 Å². The topological polar surface area (TPSA) is 85.0 Å². The number of fused-ring (bicyclic) bond motifs is 1. The van der Waals surface area contributed by atoms with Crippen LogP contribution in [0.2, 0.25) is 0 Å². The molecule has 1 unspecified atom stereocenters. The molecule has 4 heterocycles. The molecule has 3 fully saturated rings. The highest BCUT2D eigenvalue weighted by atomic mass is 19.1. The molecule has 3 saturated heterocycles. The molecule has 0 aromatic heterocycles. The van der Waals surface area contributed by atoms with Crippen molar-refractivity contribution in [2.24, 2.45) is 0 Å². The first-order valence-corrected chi connectivity index (χ1v) is 13.2. The summed E-state index contributed by atoms with van der Waals surface area (Å²) in [5.74, 6) is -0.394. The zero-order chi connectivity index (χ0) is 25.5. The average molecular weight is 506 g/mol. The van der Waals surface area contributed by atoms with Gasteiger partial charge in [0.1, 0.15) is 5.82 Å². The molecule has 0 spiro atoms. The highest BCUT2D eigenvalue weighted by molar-refractivity contribution is 6.00. The first-order chi connectivity index (χ1) is 17.9. The number of nitrogens with one attached hydrogen (secondary N) is 2. The Morgan fingerprint density at radius 1 is 1.05 bits per heavy atom. The Balaban J connectivity index is 1.04. The van der Waals surface area contributed by atoms with Crippen LogP contribution >= 0.6 is 0 Å². The smallest absolute Gasteiger partial charge is 0.243 e. The summed E-state index contributed by atoms with van der Waals surface area (Å²) in [4.78, 5) is 42.1. The molecular weight excluding hydrogens is 473 g/mol. The van der Waals surface area contributed by atoms with Gasteiger partial charge in [-0.3, -0.25) is 29.5 Å². The summed E-state index contributed by atoms with van der Waals surface area (Å²) in [6, 6.07) is 11.5. The zero-order valence-corrected chi connectivity index (χ0v) is 20.8. The van der Waals surface area contributed by atoms with Crippen LogP contribution in [0.15, 0.2) is 36.4 Å². The average Bonchev–Trinajstić information content (AvgIpc) is 3.47. The minimum atomic E-state index is -0.305. The van der Waals surface area contributed by atoms with E-state index in [2.05, 4.69) is 26.5 Å². The fourth-order valence-electron chi connectivity index (χ4n) is 6.07. The lowest BCUT2D eigenvalue weighted by Crippen LogP contribution is -2.59. The fraction of sp³-hybridized carbons (Fsp3) is 0.464. The number of amides is 3. The van der Waals surface area contributed by atoms with Crippen molar-refractivity contribution in [1.82, 2.24) is 20.0 Å². The number of imide groups is 1. The number of nitrogens with zero attached hydrogens (tertiary/aromatic N) is 3. The molecule has 0 bridgehead atoms. The molecule has 1 atom stereocenters. The Morgan fingerprint density at radius 2 is 1.92 bits per heavy atom. The molecule has 8 nitrogen and oxygen atoms in total. The Kier molecular flexibility index (Phi) is 6.42. The molecule has 0 saturated carbocycles. The van der Waals surface area contributed by atoms with Crippen LogP contribution in [0.5, 0.6) is 0 Å². The summed E-state index contributed by atoms with van der Waals surface area (Å²) in [6.45, 7) is 4.90. The fourth-order valence-corrected chi connectivity index (χ4v) is 6.07. The number of hydrogen-bond acceptors (Lipinski definition) is 6. The molecule has 2 aromatic rings. The molecule has 6 rings (SSSR count). The number of carbonyl (C=O) groups excluding carboxylic acids is 3. The van der Waals surface area contributed by atoms with E-state index in [1.165, 1.54) is 0 Å². The summed E-state index contributed by atoms with van der Waals surface area (Å²) >= 11 is 0. The lowest BCUT2D eigenvalue weighted by atomic mass is 10.0. The zero-order valence-electron chi connectivity index (χ0n) is 20.8. The second kappa shape index (κ2) is 9.87. The van der Waals surface area contributed by atoms with Crippen LogP contribution in [-0.2, 0) is 40.6 Å². The van der Waals surface area contributed by atoms with E-state index in [9.17, 15) is 18.8 Å². The van der Waals surface area contributed by atoms with E-state index in [0.717, 1.165) is 48.4 Å². The standard InChI is InChI=1S/C28H32FN5O3/c29-23-11-18(13-32-15-21(16-32)34-10-2-5-27(34)36)6-7-19(23)12-30-24-4-1-3-20-14-33(17-22(20)24)25-8-9-26(35)31-28(25)37/h1,3-4,6-7,11,21,25,30H,2,5,8-10,12-17H2,(H,31,35,37). The lowest BCUT2D eigenvalue weighted by Gasteiger charge is -2.44. The van der Waals surface area contributed by atoms with Crippen molar-refractivity contribution in [2.75, 3.05) is 25.0 Å². The van der Waals surface area contributed by atoms with Gasteiger partial charge in [-0.1, -0.05) is 24.3 Å². The van der Waals surface area contributed by atoms with Crippen LogP contribution in [0.3, 0.4) is 0 Å². The maximum Gasteiger partial charge on any atom is 0.243 e. The van der Waals surface area contributed by atoms with Crippen LogP contribution in [0.4, 0.5) is 10.1 Å². The van der Waals surface area contributed by atoms with Gasteiger partial charge in [0.2, 0.25) is 17.7 Å². The second-order valence-corrected chi connectivity index (χ2v) is 10.6. The van der Waals surface area contributed by atoms with Crippen molar-refractivity contribution in [3.8, 4) is 0 Å². The minimum Gasteiger partial charge on any atom is -0.381 e. The first kappa shape index (κ1) is 24.1. The molecule has 2 aromatic carbocycles. The predicted octanol–water partition coefficient (Wildman–Crippen LogP) is 2.37. The van der Waals surface area contributed by atoms with Crippen molar-refractivity contribution < 1.29 is 18.8 Å². The summed E-state index contributed by atoms with van der Waals surface area (Å²) in [5, 5.41) is 5.84. The van der Waals surface area contributed by atoms with Crippen LogP contribution in [0.1, 0.15) is 47.9 Å². The van der Waals surface area contributed by atoms with Crippen molar-refractivity contribution >= 4 is 23.4 Å². The van der Waals surface area contributed by atoms with Gasteiger partial charge in [0.15, 0.2) is 0 Å². The molecule has 37 heavy (non-hydrogen) atoms. The predicted molar refractivity (Wildman–Crippen MR) is 136 cm³/mol. The quantitative estimate of drug-likeness (QED) is 0.562. The van der Waals surface area contributed by atoms with Gasteiger partial charge < -0.3 is 10.2 Å². The molecule has 3 amide bonds. The van der Waals surface area contributed by atoms with Gasteiger partial charge >= 0.3 is 0 Å². The Morgan fingerprint density at radius 3 is 2.68 bits per heavy atom. The van der Waals surface area contributed by atoms with E-state index in [1.807, 2.05) is 29.2 Å². The molecule has 0 radical (unpaired) electrons. The van der Waals surface area contributed by atoms with Gasteiger partial charge in [-0.25, -0.2) is 4.39 Å². The van der Waals surface area contributed by atoms with E-state index in [4.69, 9.17) is 0 Å². The number of benzene rings is 2. The van der Waals surface area contributed by atoms with E-state index >= 15 is 0 Å². The number of carbonyl (C=O) groups is 3. The van der Waals surface area contributed by atoms with Gasteiger partial charge in [0.05, 0.1) is 12.1 Å². The van der Waals surface area contributed by atoms with E-state index < -0.39 is 0 Å². The van der Waals surface area contributed by atoms with E-state index in [1.54, 1.807) is 6.07 Å². The highest BCUT2D eigenvalue weighted by Crippen LogP contribution is 2.32. The number of rotatable bonds is 7. The Labute approximate surface area is 215 Å². The molecule has 0 aliphatic carbocycles. The third-order valence-electron chi connectivity index (χ3n) is 8.14. The SMILES string of the molecule is O=C1CCC(N2Cc3cccc(NCc4ccc(CN5CC(N6CCCC6=O)C5)cc4F)c3C2)C(=O)N1. The van der Waals surface area contributed by atoms with Gasteiger partial charge in [0.25, 0.3) is 0 Å². The van der Waals surface area contributed by atoms with E-state index in [0.29, 0.717) is 57.0 Å². The maximum absolute atomic E-state index is 15.0. The number of likely N-dealkylation sites (tertiary alicyclic amines) is 2. The molecule has 9 heteroatoms. The number of hydrogen-bond donors (Lipinski definition) is 2. The monoisotopic (exact) mass is 505 g/mol. The largest absolute Gasteiger partial charge is 0.381 e. The Hall–Kier alpha value is -3.30. The summed E-state index contributed by atoms with van der Waals surface area (Å²) in [7, 11) is 0. The van der Waals surface area contributed by atoms with Crippen LogP contribution < -0.4 is 10.6 Å². The Bertz CT molecular complexity index is 1240. The third-order valence-corrected chi connectivity index (χ3v) is 8.14. The van der Waals surface area contributed by atoms with Crippen molar-refractivity contribution in [3.05, 3.63) is 64.5 Å².